The summed E-state index contributed by atoms with van der Waals surface area (Å²) in [4.78, 5) is 11.9. The molecule has 0 aliphatic heterocycles. The van der Waals surface area contributed by atoms with Gasteiger partial charge in [0.05, 0.1) is 6.04 Å². The van der Waals surface area contributed by atoms with Gasteiger partial charge < -0.3 is 5.32 Å². The van der Waals surface area contributed by atoms with Crippen LogP contribution < -0.4 is 5.32 Å². The monoisotopic (exact) mass is 231 g/mol. The highest BCUT2D eigenvalue weighted by Crippen LogP contribution is 2.14. The van der Waals surface area contributed by atoms with E-state index in [1.165, 1.54) is 5.56 Å². The third kappa shape index (κ3) is 4.43. The molecule has 0 aliphatic carbocycles. The van der Waals surface area contributed by atoms with Crippen molar-refractivity contribution in [1.29, 1.82) is 0 Å². The smallest absolute Gasteiger partial charge is 0.225 e. The molecule has 0 aromatic heterocycles. The molecule has 92 valence electrons. The Hall–Kier alpha value is -1.57. The molecular formula is C15H21NO. The zero-order chi connectivity index (χ0) is 12.9. The van der Waals surface area contributed by atoms with Crippen LogP contribution in [0.4, 0.5) is 0 Å². The van der Waals surface area contributed by atoms with Crippen LogP contribution >= 0.6 is 0 Å². The second-order valence-corrected chi connectivity index (χ2v) is 5.26. The van der Waals surface area contributed by atoms with Crippen molar-refractivity contribution >= 4 is 5.91 Å². The molecule has 1 atom stereocenters. The van der Waals surface area contributed by atoms with E-state index >= 15 is 0 Å². The summed E-state index contributed by atoms with van der Waals surface area (Å²) in [6.45, 7) is 9.50. The first-order chi connectivity index (χ1) is 7.93. The van der Waals surface area contributed by atoms with Gasteiger partial charge in [-0.25, -0.2) is 0 Å². The summed E-state index contributed by atoms with van der Waals surface area (Å²) in [6.07, 6.45) is 2.57. The number of hydrogen-bond donors (Lipinski definition) is 1. The van der Waals surface area contributed by atoms with E-state index in [0.29, 0.717) is 0 Å². The van der Waals surface area contributed by atoms with Gasteiger partial charge >= 0.3 is 0 Å². The Bertz CT molecular complexity index is 376. The molecule has 0 radical (unpaired) electrons. The summed E-state index contributed by atoms with van der Waals surface area (Å²) >= 11 is 0. The molecule has 0 bridgehead atoms. The summed E-state index contributed by atoms with van der Waals surface area (Å²) in [5.41, 5.74) is 0.837. The van der Waals surface area contributed by atoms with Crippen molar-refractivity contribution < 1.29 is 4.79 Å². The molecule has 1 aromatic rings. The van der Waals surface area contributed by atoms with Crippen LogP contribution in [-0.2, 0) is 11.2 Å². The average Bonchev–Trinajstić information content (AvgIpc) is 2.28. The van der Waals surface area contributed by atoms with E-state index in [4.69, 9.17) is 0 Å². The zero-order valence-corrected chi connectivity index (χ0v) is 10.9. The maximum Gasteiger partial charge on any atom is 0.225 e. The molecule has 1 amide bonds. The molecule has 0 aliphatic rings. The van der Waals surface area contributed by atoms with Crippen LogP contribution in [0.25, 0.3) is 0 Å². The number of nitrogens with one attached hydrogen (secondary N) is 1. The minimum absolute atomic E-state index is 0.0101. The van der Waals surface area contributed by atoms with Crippen LogP contribution in [0, 0.1) is 5.41 Å². The summed E-state index contributed by atoms with van der Waals surface area (Å²) in [6, 6.07) is 10.1. The Labute approximate surface area is 104 Å². The first-order valence-electron chi connectivity index (χ1n) is 5.91. The standard InChI is InChI=1S/C15H21NO/c1-5-13(16-14(17)15(2,3)4)11-12-9-7-6-8-10-12/h5-10,13H,1,11H2,2-4H3,(H,16,17)/t13-/m0/s1. The quantitative estimate of drug-likeness (QED) is 0.793. The van der Waals surface area contributed by atoms with Gasteiger partial charge in [0.1, 0.15) is 0 Å². The van der Waals surface area contributed by atoms with Gasteiger partial charge in [0, 0.05) is 5.41 Å². The van der Waals surface area contributed by atoms with Gasteiger partial charge in [0.15, 0.2) is 0 Å². The van der Waals surface area contributed by atoms with Crippen molar-refractivity contribution in [2.24, 2.45) is 5.41 Å². The molecule has 1 N–H and O–H groups in total. The molecule has 0 heterocycles. The molecule has 2 nitrogen and oxygen atoms in total. The number of carbonyl (C=O) groups is 1. The molecule has 0 saturated carbocycles. The Morgan fingerprint density at radius 1 is 1.35 bits per heavy atom. The Morgan fingerprint density at radius 3 is 2.41 bits per heavy atom. The summed E-state index contributed by atoms with van der Waals surface area (Å²) < 4.78 is 0. The molecule has 0 unspecified atom stereocenters. The highest BCUT2D eigenvalue weighted by Gasteiger charge is 2.22. The third-order valence-electron chi connectivity index (χ3n) is 2.58. The summed E-state index contributed by atoms with van der Waals surface area (Å²) in [5, 5.41) is 3.00. The Kier molecular flexibility index (Phi) is 4.50. The van der Waals surface area contributed by atoms with Gasteiger partial charge in [0.25, 0.3) is 0 Å². The SMILES string of the molecule is C=C[C@@H](Cc1ccccc1)NC(=O)C(C)(C)C. The van der Waals surface area contributed by atoms with E-state index in [9.17, 15) is 4.79 Å². The lowest BCUT2D eigenvalue weighted by Crippen LogP contribution is -2.41. The predicted molar refractivity (Wildman–Crippen MR) is 71.7 cm³/mol. The number of hydrogen-bond acceptors (Lipinski definition) is 1. The lowest BCUT2D eigenvalue weighted by Gasteiger charge is -2.22. The molecule has 2 heteroatoms. The van der Waals surface area contributed by atoms with Crippen molar-refractivity contribution in [3.05, 3.63) is 48.6 Å². The second-order valence-electron chi connectivity index (χ2n) is 5.26. The van der Waals surface area contributed by atoms with Gasteiger partial charge in [-0.05, 0) is 12.0 Å². The van der Waals surface area contributed by atoms with Gasteiger partial charge in [-0.3, -0.25) is 4.79 Å². The van der Waals surface area contributed by atoms with Crippen LogP contribution in [0.5, 0.6) is 0 Å². The molecule has 0 spiro atoms. The number of benzene rings is 1. The van der Waals surface area contributed by atoms with Gasteiger partial charge in [-0.15, -0.1) is 6.58 Å². The molecule has 0 fully saturated rings. The minimum atomic E-state index is -0.363. The fraction of sp³-hybridized carbons (Fsp3) is 0.400. The van der Waals surface area contributed by atoms with Crippen molar-refractivity contribution in [1.82, 2.24) is 5.32 Å². The Morgan fingerprint density at radius 2 is 1.94 bits per heavy atom. The highest BCUT2D eigenvalue weighted by atomic mass is 16.2. The Balaban J connectivity index is 2.62. The van der Waals surface area contributed by atoms with E-state index in [2.05, 4.69) is 24.0 Å². The largest absolute Gasteiger partial charge is 0.349 e. The maximum atomic E-state index is 11.9. The fourth-order valence-electron chi connectivity index (χ4n) is 1.45. The molecule has 17 heavy (non-hydrogen) atoms. The third-order valence-corrected chi connectivity index (χ3v) is 2.58. The second kappa shape index (κ2) is 5.67. The lowest BCUT2D eigenvalue weighted by molar-refractivity contribution is -0.128. The van der Waals surface area contributed by atoms with E-state index in [1.54, 1.807) is 6.08 Å². The average molecular weight is 231 g/mol. The minimum Gasteiger partial charge on any atom is -0.349 e. The van der Waals surface area contributed by atoms with E-state index in [-0.39, 0.29) is 17.4 Å². The number of carbonyl (C=O) groups excluding carboxylic acids is 1. The zero-order valence-electron chi connectivity index (χ0n) is 10.9. The van der Waals surface area contributed by atoms with Crippen LogP contribution in [0.1, 0.15) is 26.3 Å². The fourth-order valence-corrected chi connectivity index (χ4v) is 1.45. The van der Waals surface area contributed by atoms with Crippen molar-refractivity contribution in [2.45, 2.75) is 33.2 Å². The van der Waals surface area contributed by atoms with Gasteiger partial charge in [0.2, 0.25) is 5.91 Å². The molecule has 1 rings (SSSR count). The maximum absolute atomic E-state index is 11.9. The van der Waals surface area contributed by atoms with E-state index in [0.717, 1.165) is 6.42 Å². The van der Waals surface area contributed by atoms with Crippen LogP contribution in [0.2, 0.25) is 0 Å². The van der Waals surface area contributed by atoms with E-state index in [1.807, 2.05) is 39.0 Å². The number of rotatable bonds is 4. The van der Waals surface area contributed by atoms with E-state index < -0.39 is 0 Å². The molecule has 1 aromatic carbocycles. The van der Waals surface area contributed by atoms with Crippen LogP contribution in [-0.4, -0.2) is 11.9 Å². The summed E-state index contributed by atoms with van der Waals surface area (Å²) in [7, 11) is 0. The van der Waals surface area contributed by atoms with Crippen LogP contribution in [0.15, 0.2) is 43.0 Å². The number of amides is 1. The topological polar surface area (TPSA) is 29.1 Å². The van der Waals surface area contributed by atoms with Gasteiger partial charge in [-0.2, -0.15) is 0 Å². The predicted octanol–water partition coefficient (Wildman–Crippen LogP) is 2.95. The first-order valence-corrected chi connectivity index (χ1v) is 5.91. The van der Waals surface area contributed by atoms with Crippen molar-refractivity contribution in [3.63, 3.8) is 0 Å². The summed E-state index contributed by atoms with van der Waals surface area (Å²) in [5.74, 6) is 0.0540. The van der Waals surface area contributed by atoms with Gasteiger partial charge in [-0.1, -0.05) is 57.2 Å². The van der Waals surface area contributed by atoms with Crippen molar-refractivity contribution in [2.75, 3.05) is 0 Å². The van der Waals surface area contributed by atoms with Crippen molar-refractivity contribution in [3.8, 4) is 0 Å². The normalized spacial score (nSPS) is 12.9. The molecule has 0 saturated heterocycles. The lowest BCUT2D eigenvalue weighted by atomic mass is 9.94. The van der Waals surface area contributed by atoms with Crippen LogP contribution in [0.3, 0.4) is 0 Å². The highest BCUT2D eigenvalue weighted by molar-refractivity contribution is 5.81. The first kappa shape index (κ1) is 13.5. The molecular weight excluding hydrogens is 210 g/mol.